The first kappa shape index (κ1) is 27.9. The fourth-order valence-corrected chi connectivity index (χ4v) is 4.59. The van der Waals surface area contributed by atoms with E-state index in [1.165, 1.54) is 4.90 Å². The van der Waals surface area contributed by atoms with Crippen LogP contribution in [0.15, 0.2) is 46.9 Å². The summed E-state index contributed by atoms with van der Waals surface area (Å²) in [6, 6.07) is 12.1. The molecular weight excluding hydrogens is 518 g/mol. The molecule has 0 spiro atoms. The number of amides is 2. The van der Waals surface area contributed by atoms with Crippen LogP contribution in [-0.2, 0) is 26.2 Å². The number of carbonyl (C=O) groups excluding carboxylic acids is 2. The summed E-state index contributed by atoms with van der Waals surface area (Å²) in [4.78, 5) is 28.0. The second-order valence-electron chi connectivity index (χ2n) is 9.62. The molecule has 2 rings (SSSR count). The average molecular weight is 553 g/mol. The van der Waals surface area contributed by atoms with E-state index in [-0.39, 0.29) is 12.5 Å². The topological polar surface area (TPSA) is 86.8 Å². The fraction of sp³-hybridized carbons (Fsp3) is 0.440. The first-order chi connectivity index (χ1) is 15.6. The Balaban J connectivity index is 2.44. The minimum atomic E-state index is -3.76. The molecule has 0 aliphatic heterocycles. The molecular formula is C25H34BrN3O4S. The van der Waals surface area contributed by atoms with Crippen molar-refractivity contribution in [2.45, 2.75) is 59.7 Å². The van der Waals surface area contributed by atoms with Crippen molar-refractivity contribution in [2.75, 3.05) is 17.1 Å². The monoisotopic (exact) mass is 551 g/mol. The minimum absolute atomic E-state index is 0.162. The first-order valence-electron chi connectivity index (χ1n) is 11.0. The van der Waals surface area contributed by atoms with Crippen molar-refractivity contribution in [3.05, 3.63) is 63.6 Å². The predicted molar refractivity (Wildman–Crippen MR) is 140 cm³/mol. The molecule has 34 heavy (non-hydrogen) atoms. The molecule has 0 saturated carbocycles. The van der Waals surface area contributed by atoms with Crippen LogP contribution in [0.4, 0.5) is 5.69 Å². The summed E-state index contributed by atoms with van der Waals surface area (Å²) < 4.78 is 27.4. The van der Waals surface area contributed by atoms with E-state index < -0.39 is 34.1 Å². The molecule has 1 N–H and O–H groups in total. The van der Waals surface area contributed by atoms with Crippen molar-refractivity contribution in [1.82, 2.24) is 10.2 Å². The van der Waals surface area contributed by atoms with E-state index in [9.17, 15) is 18.0 Å². The molecule has 2 aromatic carbocycles. The van der Waals surface area contributed by atoms with Crippen molar-refractivity contribution >= 4 is 43.5 Å². The first-order valence-corrected chi connectivity index (χ1v) is 13.6. The van der Waals surface area contributed by atoms with Gasteiger partial charge in [0.15, 0.2) is 0 Å². The van der Waals surface area contributed by atoms with Gasteiger partial charge in [-0.1, -0.05) is 40.2 Å². The normalized spacial score (nSPS) is 12.7. The molecule has 2 amide bonds. The number of nitrogens with one attached hydrogen (secondary N) is 1. The molecule has 1 atom stereocenters. The minimum Gasteiger partial charge on any atom is -0.350 e. The summed E-state index contributed by atoms with van der Waals surface area (Å²) in [5.41, 5.74) is 2.42. The maximum Gasteiger partial charge on any atom is 0.244 e. The third-order valence-electron chi connectivity index (χ3n) is 5.24. The van der Waals surface area contributed by atoms with E-state index in [1.54, 1.807) is 19.9 Å². The third-order valence-corrected chi connectivity index (χ3v) is 6.90. The lowest BCUT2D eigenvalue weighted by molar-refractivity contribution is -0.140. The highest BCUT2D eigenvalue weighted by Gasteiger charge is 2.31. The number of nitrogens with zero attached hydrogens (tertiary/aromatic N) is 2. The summed E-state index contributed by atoms with van der Waals surface area (Å²) in [6.07, 6.45) is 1.08. The number of halogens is 1. The maximum absolute atomic E-state index is 13.6. The lowest BCUT2D eigenvalue weighted by atomic mass is 10.1. The number of sulfonamides is 1. The van der Waals surface area contributed by atoms with Gasteiger partial charge in [-0.2, -0.15) is 0 Å². The van der Waals surface area contributed by atoms with Crippen molar-refractivity contribution in [2.24, 2.45) is 0 Å². The van der Waals surface area contributed by atoms with E-state index in [2.05, 4.69) is 21.2 Å². The van der Waals surface area contributed by atoms with Crippen LogP contribution in [0.1, 0.15) is 44.4 Å². The Kier molecular flexibility index (Phi) is 8.93. The van der Waals surface area contributed by atoms with Crippen LogP contribution in [0, 0.1) is 13.8 Å². The summed E-state index contributed by atoms with van der Waals surface area (Å²) in [5, 5.41) is 2.91. The van der Waals surface area contributed by atoms with Crippen molar-refractivity contribution in [1.29, 1.82) is 0 Å². The largest absolute Gasteiger partial charge is 0.350 e. The second-order valence-corrected chi connectivity index (χ2v) is 12.4. The van der Waals surface area contributed by atoms with Crippen LogP contribution in [0.3, 0.4) is 0 Å². The van der Waals surface area contributed by atoms with Gasteiger partial charge in [0, 0.05) is 16.6 Å². The van der Waals surface area contributed by atoms with Crippen LogP contribution in [0.25, 0.3) is 0 Å². The molecule has 0 saturated heterocycles. The van der Waals surface area contributed by atoms with E-state index in [1.807, 2.05) is 64.1 Å². The standard InChI is InChI=1S/C25H34BrN3O4S/c1-17-8-9-18(2)22(14-17)29(34(7,32)33)16-23(30)28(15-20-10-12-21(26)13-11-20)19(3)24(31)27-25(4,5)6/h8-14,19H,15-16H2,1-7H3,(H,27,31)/t19-/m1/s1. The molecule has 0 aliphatic carbocycles. The number of aryl methyl sites for hydroxylation is 2. The van der Waals surface area contributed by atoms with Gasteiger partial charge in [0.05, 0.1) is 11.9 Å². The van der Waals surface area contributed by atoms with Gasteiger partial charge in [0.1, 0.15) is 12.6 Å². The zero-order valence-corrected chi connectivity index (χ0v) is 23.2. The number of hydrogen-bond acceptors (Lipinski definition) is 4. The molecule has 186 valence electrons. The molecule has 0 heterocycles. The Morgan fingerprint density at radius 2 is 1.65 bits per heavy atom. The second kappa shape index (κ2) is 10.9. The Morgan fingerprint density at radius 1 is 1.06 bits per heavy atom. The quantitative estimate of drug-likeness (QED) is 0.533. The fourth-order valence-electron chi connectivity index (χ4n) is 3.43. The zero-order valence-electron chi connectivity index (χ0n) is 20.8. The van der Waals surface area contributed by atoms with Crippen LogP contribution < -0.4 is 9.62 Å². The number of carbonyl (C=O) groups is 2. The van der Waals surface area contributed by atoms with E-state index in [0.717, 1.165) is 31.7 Å². The number of anilines is 1. The molecule has 0 fully saturated rings. The molecule has 7 nitrogen and oxygen atoms in total. The Bertz CT molecular complexity index is 1140. The SMILES string of the molecule is Cc1ccc(C)c(N(CC(=O)N(Cc2ccc(Br)cc2)[C@H](C)C(=O)NC(C)(C)C)S(C)(=O)=O)c1. The number of rotatable bonds is 8. The summed E-state index contributed by atoms with van der Waals surface area (Å²) in [7, 11) is -3.76. The Hall–Kier alpha value is -2.39. The van der Waals surface area contributed by atoms with Crippen molar-refractivity contribution in [3.63, 3.8) is 0 Å². The summed E-state index contributed by atoms with van der Waals surface area (Å²) in [6.45, 7) is 10.7. The van der Waals surface area contributed by atoms with E-state index in [4.69, 9.17) is 0 Å². The molecule has 0 unspecified atom stereocenters. The van der Waals surface area contributed by atoms with Gasteiger partial charge in [-0.25, -0.2) is 8.42 Å². The highest BCUT2D eigenvalue weighted by molar-refractivity contribution is 9.10. The highest BCUT2D eigenvalue weighted by Crippen LogP contribution is 2.25. The lowest BCUT2D eigenvalue weighted by Gasteiger charge is -2.33. The maximum atomic E-state index is 13.6. The summed E-state index contributed by atoms with van der Waals surface area (Å²) >= 11 is 3.40. The van der Waals surface area contributed by atoms with Crippen LogP contribution in [0.2, 0.25) is 0 Å². The molecule has 0 radical (unpaired) electrons. The van der Waals surface area contributed by atoms with Crippen molar-refractivity contribution in [3.8, 4) is 0 Å². The number of benzene rings is 2. The average Bonchev–Trinajstić information content (AvgIpc) is 2.70. The smallest absolute Gasteiger partial charge is 0.244 e. The number of hydrogen-bond donors (Lipinski definition) is 1. The van der Waals surface area contributed by atoms with Crippen molar-refractivity contribution < 1.29 is 18.0 Å². The molecule has 2 aromatic rings. The van der Waals surface area contributed by atoms with Gasteiger partial charge in [-0.05, 0) is 76.4 Å². The van der Waals surface area contributed by atoms with Crippen LogP contribution >= 0.6 is 15.9 Å². The Labute approximate surface area is 211 Å². The Morgan fingerprint density at radius 3 is 2.18 bits per heavy atom. The predicted octanol–water partition coefficient (Wildman–Crippen LogP) is 4.16. The van der Waals surface area contributed by atoms with Gasteiger partial charge in [0.25, 0.3) is 0 Å². The van der Waals surface area contributed by atoms with Crippen LogP contribution in [-0.4, -0.2) is 49.5 Å². The molecule has 0 aromatic heterocycles. The molecule has 9 heteroatoms. The van der Waals surface area contributed by atoms with Gasteiger partial charge in [0.2, 0.25) is 21.8 Å². The lowest BCUT2D eigenvalue weighted by Crippen LogP contribution is -2.54. The van der Waals surface area contributed by atoms with Gasteiger partial charge in [-0.3, -0.25) is 13.9 Å². The third kappa shape index (κ3) is 7.84. The van der Waals surface area contributed by atoms with E-state index in [0.29, 0.717) is 5.69 Å². The van der Waals surface area contributed by atoms with Gasteiger partial charge >= 0.3 is 0 Å². The highest BCUT2D eigenvalue weighted by atomic mass is 79.9. The van der Waals surface area contributed by atoms with Gasteiger partial charge < -0.3 is 10.2 Å². The van der Waals surface area contributed by atoms with Gasteiger partial charge in [-0.15, -0.1) is 0 Å². The van der Waals surface area contributed by atoms with E-state index >= 15 is 0 Å². The van der Waals surface area contributed by atoms with Crippen LogP contribution in [0.5, 0.6) is 0 Å². The molecule has 0 aliphatic rings. The molecule has 0 bridgehead atoms. The zero-order chi connectivity index (χ0) is 25.8. The summed E-state index contributed by atoms with van der Waals surface area (Å²) in [5.74, 6) is -0.776.